The lowest BCUT2D eigenvalue weighted by molar-refractivity contribution is -0.149. The van der Waals surface area contributed by atoms with Gasteiger partial charge in [-0.2, -0.15) is 0 Å². The second kappa shape index (κ2) is 5.90. The van der Waals surface area contributed by atoms with Crippen molar-refractivity contribution in [3.63, 3.8) is 0 Å². The van der Waals surface area contributed by atoms with Gasteiger partial charge in [0, 0.05) is 5.41 Å². The number of allylic oxidation sites excluding steroid dienone is 2. The molecular weight excluding hydrogens is 224 g/mol. The Kier molecular flexibility index (Phi) is 5.01. The summed E-state index contributed by atoms with van der Waals surface area (Å²) in [5.41, 5.74) is 1.61. The Morgan fingerprint density at radius 3 is 2.50 bits per heavy atom. The third-order valence-electron chi connectivity index (χ3n) is 4.02. The summed E-state index contributed by atoms with van der Waals surface area (Å²) in [6.07, 6.45) is 4.64. The van der Waals surface area contributed by atoms with Crippen molar-refractivity contribution in [3.8, 4) is 0 Å². The van der Waals surface area contributed by atoms with Crippen molar-refractivity contribution in [1.29, 1.82) is 0 Å². The summed E-state index contributed by atoms with van der Waals surface area (Å²) in [6, 6.07) is 0. The van der Waals surface area contributed by atoms with E-state index < -0.39 is 0 Å². The van der Waals surface area contributed by atoms with Crippen molar-refractivity contribution >= 4 is 5.97 Å². The van der Waals surface area contributed by atoms with Gasteiger partial charge in [-0.1, -0.05) is 39.3 Å². The first-order valence-corrected chi connectivity index (χ1v) is 7.06. The van der Waals surface area contributed by atoms with Crippen molar-refractivity contribution in [2.45, 2.75) is 54.4 Å². The van der Waals surface area contributed by atoms with E-state index in [0.717, 1.165) is 6.42 Å². The monoisotopic (exact) mass is 252 g/mol. The van der Waals surface area contributed by atoms with Gasteiger partial charge in [0.05, 0.1) is 12.5 Å². The van der Waals surface area contributed by atoms with E-state index in [9.17, 15) is 4.79 Å². The molecule has 1 rings (SSSR count). The van der Waals surface area contributed by atoms with E-state index in [1.54, 1.807) is 0 Å². The number of carbonyl (C=O) groups is 1. The van der Waals surface area contributed by atoms with Gasteiger partial charge in [0.25, 0.3) is 0 Å². The molecule has 18 heavy (non-hydrogen) atoms. The lowest BCUT2D eigenvalue weighted by Gasteiger charge is -2.16. The van der Waals surface area contributed by atoms with E-state index >= 15 is 0 Å². The van der Waals surface area contributed by atoms with Gasteiger partial charge in [0.2, 0.25) is 0 Å². The van der Waals surface area contributed by atoms with Crippen LogP contribution in [0.15, 0.2) is 11.6 Å². The number of rotatable bonds is 6. The smallest absolute Gasteiger partial charge is 0.308 e. The van der Waals surface area contributed by atoms with Gasteiger partial charge < -0.3 is 4.74 Å². The number of hydrogen-bond donors (Lipinski definition) is 0. The molecule has 0 heterocycles. The van der Waals surface area contributed by atoms with Crippen LogP contribution in [0, 0.1) is 23.2 Å². The number of carbonyl (C=O) groups excluding carboxylic acids is 1. The summed E-state index contributed by atoms with van der Waals surface area (Å²) >= 11 is 0. The SMILES string of the molecule is CC(C)=CC[C@H](C)[C@@H]1C[C@@]1(C)COC(=O)C(C)C. The molecule has 0 radical (unpaired) electrons. The predicted octanol–water partition coefficient (Wildman–Crippen LogP) is 4.20. The fourth-order valence-electron chi connectivity index (χ4n) is 2.49. The highest BCUT2D eigenvalue weighted by atomic mass is 16.5. The molecule has 0 spiro atoms. The zero-order chi connectivity index (χ0) is 13.9. The molecule has 2 heteroatoms. The molecule has 0 aromatic rings. The predicted molar refractivity (Wildman–Crippen MR) is 75.2 cm³/mol. The number of hydrogen-bond acceptors (Lipinski definition) is 2. The number of ether oxygens (including phenoxy) is 1. The maximum atomic E-state index is 11.5. The Morgan fingerprint density at radius 1 is 1.39 bits per heavy atom. The van der Waals surface area contributed by atoms with Crippen LogP contribution in [0.4, 0.5) is 0 Å². The highest BCUT2D eigenvalue weighted by molar-refractivity contribution is 5.71. The molecular formula is C16H28O2. The Balaban J connectivity index is 2.37. The molecule has 2 nitrogen and oxygen atoms in total. The van der Waals surface area contributed by atoms with E-state index in [1.165, 1.54) is 12.0 Å². The van der Waals surface area contributed by atoms with Crippen molar-refractivity contribution < 1.29 is 9.53 Å². The quantitative estimate of drug-likeness (QED) is 0.523. The van der Waals surface area contributed by atoms with Crippen LogP contribution in [0.1, 0.15) is 54.4 Å². The molecule has 0 saturated heterocycles. The Labute approximate surface area is 112 Å². The van der Waals surface area contributed by atoms with E-state index in [2.05, 4.69) is 33.8 Å². The molecule has 1 aliphatic rings. The van der Waals surface area contributed by atoms with Gasteiger partial charge in [0.1, 0.15) is 0 Å². The first kappa shape index (κ1) is 15.3. The molecule has 0 aliphatic heterocycles. The average molecular weight is 252 g/mol. The molecule has 0 N–H and O–H groups in total. The molecule has 3 atom stereocenters. The third kappa shape index (κ3) is 4.15. The molecule has 0 bridgehead atoms. The molecule has 1 saturated carbocycles. The molecule has 104 valence electrons. The van der Waals surface area contributed by atoms with Crippen LogP contribution in [0.5, 0.6) is 0 Å². The van der Waals surface area contributed by atoms with Crippen LogP contribution in [0.2, 0.25) is 0 Å². The lowest BCUT2D eigenvalue weighted by Crippen LogP contribution is -2.19. The standard InChI is InChI=1S/C16H28O2/c1-11(2)7-8-13(5)14-9-16(14,6)10-18-15(17)12(3)4/h7,12-14H,8-10H2,1-6H3/t13-,14-,16-/m0/s1. The third-order valence-corrected chi connectivity index (χ3v) is 4.02. The normalized spacial score (nSPS) is 27.8. The largest absolute Gasteiger partial charge is 0.465 e. The molecule has 0 amide bonds. The summed E-state index contributed by atoms with van der Waals surface area (Å²) in [6.45, 7) is 13.2. The van der Waals surface area contributed by atoms with Crippen molar-refractivity contribution in [3.05, 3.63) is 11.6 Å². The minimum absolute atomic E-state index is 0.0195. The zero-order valence-electron chi connectivity index (χ0n) is 12.7. The van der Waals surface area contributed by atoms with E-state index in [0.29, 0.717) is 18.4 Å². The van der Waals surface area contributed by atoms with E-state index in [4.69, 9.17) is 4.74 Å². The van der Waals surface area contributed by atoms with Crippen LogP contribution in [0.3, 0.4) is 0 Å². The van der Waals surface area contributed by atoms with Crippen molar-refractivity contribution in [2.75, 3.05) is 6.61 Å². The maximum Gasteiger partial charge on any atom is 0.308 e. The summed E-state index contributed by atoms with van der Waals surface area (Å²) in [5.74, 6) is 1.29. The Morgan fingerprint density at radius 2 is 2.00 bits per heavy atom. The summed E-state index contributed by atoms with van der Waals surface area (Å²) in [5, 5.41) is 0. The van der Waals surface area contributed by atoms with Gasteiger partial charge in [0.15, 0.2) is 0 Å². The van der Waals surface area contributed by atoms with Crippen LogP contribution < -0.4 is 0 Å². The summed E-state index contributed by atoms with van der Waals surface area (Å²) < 4.78 is 5.38. The van der Waals surface area contributed by atoms with Crippen molar-refractivity contribution in [1.82, 2.24) is 0 Å². The van der Waals surface area contributed by atoms with Gasteiger partial charge in [-0.15, -0.1) is 0 Å². The van der Waals surface area contributed by atoms with Gasteiger partial charge >= 0.3 is 5.97 Å². The van der Waals surface area contributed by atoms with Gasteiger partial charge in [-0.3, -0.25) is 4.79 Å². The molecule has 0 unspecified atom stereocenters. The molecule has 1 fully saturated rings. The Hall–Kier alpha value is -0.790. The van der Waals surface area contributed by atoms with E-state index in [-0.39, 0.29) is 17.3 Å². The van der Waals surface area contributed by atoms with Gasteiger partial charge in [-0.05, 0) is 38.5 Å². The topological polar surface area (TPSA) is 26.3 Å². The van der Waals surface area contributed by atoms with Crippen LogP contribution >= 0.6 is 0 Å². The molecule has 0 aromatic heterocycles. The first-order valence-electron chi connectivity index (χ1n) is 7.06. The first-order chi connectivity index (χ1) is 8.26. The molecule has 0 aromatic carbocycles. The fraction of sp³-hybridized carbons (Fsp3) is 0.812. The summed E-state index contributed by atoms with van der Waals surface area (Å²) in [4.78, 5) is 11.5. The van der Waals surface area contributed by atoms with Crippen molar-refractivity contribution in [2.24, 2.45) is 23.2 Å². The number of esters is 1. The lowest BCUT2D eigenvalue weighted by atomic mass is 9.94. The Bertz CT molecular complexity index is 326. The average Bonchev–Trinajstić information content (AvgIpc) is 2.95. The fourth-order valence-corrected chi connectivity index (χ4v) is 2.49. The minimum Gasteiger partial charge on any atom is -0.465 e. The van der Waals surface area contributed by atoms with Gasteiger partial charge in [-0.25, -0.2) is 0 Å². The molecule has 1 aliphatic carbocycles. The van der Waals surface area contributed by atoms with Crippen LogP contribution in [0.25, 0.3) is 0 Å². The minimum atomic E-state index is -0.0705. The van der Waals surface area contributed by atoms with Crippen LogP contribution in [-0.4, -0.2) is 12.6 Å². The second-order valence-corrected chi connectivity index (χ2v) is 6.72. The zero-order valence-corrected chi connectivity index (χ0v) is 12.7. The van der Waals surface area contributed by atoms with E-state index in [1.807, 2.05) is 13.8 Å². The maximum absolute atomic E-state index is 11.5. The highest BCUT2D eigenvalue weighted by Crippen LogP contribution is 2.57. The summed E-state index contributed by atoms with van der Waals surface area (Å²) in [7, 11) is 0. The van der Waals surface area contributed by atoms with Crippen LogP contribution in [-0.2, 0) is 9.53 Å². The second-order valence-electron chi connectivity index (χ2n) is 6.72. The highest BCUT2D eigenvalue weighted by Gasteiger charge is 2.52.